The number of nitrogens with one attached hydrogen (secondary N) is 1. The molecule has 0 aliphatic carbocycles. The van der Waals surface area contributed by atoms with Crippen LogP contribution in [0.15, 0.2) is 41.4 Å². The fourth-order valence-electron chi connectivity index (χ4n) is 3.65. The molecule has 0 fully saturated rings. The molecule has 0 radical (unpaired) electrons. The predicted molar refractivity (Wildman–Crippen MR) is 107 cm³/mol. The maximum Gasteiger partial charge on any atom is 0.243 e. The molecule has 27 heavy (non-hydrogen) atoms. The molecule has 1 unspecified atom stereocenters. The van der Waals surface area contributed by atoms with Gasteiger partial charge in [-0.3, -0.25) is 0 Å². The van der Waals surface area contributed by atoms with Gasteiger partial charge in [-0.1, -0.05) is 18.2 Å². The standard InChI is InChI=1S/C20H24FN3O2S/c1-12-8-13(2)20(18(22)9-12)27(25,26)23-15(4)11-24-10-14(3)16-6-5-7-17(21)19(16)24/h5-10,15,23H,11,22H2,1-4H3. The number of sulfonamides is 1. The smallest absolute Gasteiger partial charge is 0.243 e. The summed E-state index contributed by atoms with van der Waals surface area (Å²) in [4.78, 5) is 0.0969. The molecule has 0 aliphatic rings. The first-order chi connectivity index (χ1) is 12.6. The Labute approximate surface area is 159 Å². The number of para-hydroxylation sites is 1. The minimum atomic E-state index is -3.80. The summed E-state index contributed by atoms with van der Waals surface area (Å²) in [7, 11) is -3.80. The zero-order valence-electron chi connectivity index (χ0n) is 15.9. The van der Waals surface area contributed by atoms with Gasteiger partial charge in [0.15, 0.2) is 0 Å². The van der Waals surface area contributed by atoms with Crippen LogP contribution in [0.25, 0.3) is 10.9 Å². The number of anilines is 1. The lowest BCUT2D eigenvalue weighted by Crippen LogP contribution is -2.36. The summed E-state index contributed by atoms with van der Waals surface area (Å²) in [6, 6.07) is 7.91. The van der Waals surface area contributed by atoms with Crippen LogP contribution >= 0.6 is 0 Å². The van der Waals surface area contributed by atoms with Crippen molar-refractivity contribution in [2.45, 2.75) is 45.2 Å². The molecule has 0 aliphatic heterocycles. The summed E-state index contributed by atoms with van der Waals surface area (Å²) < 4.78 is 44.4. The van der Waals surface area contributed by atoms with E-state index in [1.54, 1.807) is 36.6 Å². The van der Waals surface area contributed by atoms with Gasteiger partial charge >= 0.3 is 0 Å². The van der Waals surface area contributed by atoms with E-state index in [1.807, 2.05) is 26.1 Å². The van der Waals surface area contributed by atoms with Crippen LogP contribution in [0.1, 0.15) is 23.6 Å². The number of halogens is 1. The maximum atomic E-state index is 14.3. The van der Waals surface area contributed by atoms with E-state index in [-0.39, 0.29) is 16.4 Å². The average Bonchev–Trinajstić information content (AvgIpc) is 2.82. The first kappa shape index (κ1) is 19.4. The van der Waals surface area contributed by atoms with Gasteiger partial charge < -0.3 is 10.3 Å². The number of nitrogen functional groups attached to an aromatic ring is 1. The summed E-state index contributed by atoms with van der Waals surface area (Å²) in [5.74, 6) is -0.325. The van der Waals surface area contributed by atoms with Crippen molar-refractivity contribution in [3.8, 4) is 0 Å². The Hall–Kier alpha value is -2.38. The van der Waals surface area contributed by atoms with Gasteiger partial charge in [0, 0.05) is 24.2 Å². The quantitative estimate of drug-likeness (QED) is 0.654. The Morgan fingerprint density at radius 1 is 1.19 bits per heavy atom. The third-order valence-corrected chi connectivity index (χ3v) is 6.40. The van der Waals surface area contributed by atoms with Crippen molar-refractivity contribution in [2.75, 3.05) is 5.73 Å². The monoisotopic (exact) mass is 389 g/mol. The third kappa shape index (κ3) is 3.70. The second kappa shape index (κ2) is 6.98. The van der Waals surface area contributed by atoms with E-state index in [1.165, 1.54) is 6.07 Å². The Balaban J connectivity index is 1.90. The molecule has 1 heterocycles. The summed E-state index contributed by atoms with van der Waals surface area (Å²) in [5.41, 5.74) is 9.11. The molecule has 0 bridgehead atoms. The number of rotatable bonds is 5. The molecule has 1 atom stereocenters. The van der Waals surface area contributed by atoms with Crippen molar-refractivity contribution in [2.24, 2.45) is 0 Å². The second-order valence-corrected chi connectivity index (χ2v) is 8.77. The van der Waals surface area contributed by atoms with Crippen LogP contribution in [-0.4, -0.2) is 19.0 Å². The highest BCUT2D eigenvalue weighted by Gasteiger charge is 2.23. The summed E-state index contributed by atoms with van der Waals surface area (Å²) in [6.45, 7) is 7.54. The zero-order chi connectivity index (χ0) is 19.9. The number of nitrogens with two attached hydrogens (primary N) is 1. The average molecular weight is 389 g/mol. The molecule has 0 amide bonds. The summed E-state index contributed by atoms with van der Waals surface area (Å²) in [6.07, 6.45) is 1.84. The molecule has 2 aromatic carbocycles. The first-order valence-electron chi connectivity index (χ1n) is 8.73. The fourth-order valence-corrected chi connectivity index (χ4v) is 5.22. The van der Waals surface area contributed by atoms with Crippen molar-refractivity contribution in [3.63, 3.8) is 0 Å². The molecule has 1 aromatic heterocycles. The molecule has 5 nitrogen and oxygen atoms in total. The molecule has 7 heteroatoms. The summed E-state index contributed by atoms with van der Waals surface area (Å²) in [5, 5.41) is 0.823. The van der Waals surface area contributed by atoms with Gasteiger partial charge in [-0.2, -0.15) is 0 Å². The highest BCUT2D eigenvalue weighted by molar-refractivity contribution is 7.89. The largest absolute Gasteiger partial charge is 0.398 e. The number of benzene rings is 2. The Kier molecular flexibility index (Phi) is 5.01. The maximum absolute atomic E-state index is 14.3. The third-order valence-electron chi connectivity index (χ3n) is 4.59. The number of fused-ring (bicyclic) bond motifs is 1. The zero-order valence-corrected chi connectivity index (χ0v) is 16.7. The van der Waals surface area contributed by atoms with Crippen molar-refractivity contribution in [1.82, 2.24) is 9.29 Å². The number of aromatic nitrogens is 1. The van der Waals surface area contributed by atoms with Gasteiger partial charge in [0.25, 0.3) is 0 Å². The highest BCUT2D eigenvalue weighted by Crippen LogP contribution is 2.26. The highest BCUT2D eigenvalue weighted by atomic mass is 32.2. The molecule has 0 saturated carbocycles. The summed E-state index contributed by atoms with van der Waals surface area (Å²) >= 11 is 0. The molecular formula is C20H24FN3O2S. The molecular weight excluding hydrogens is 365 g/mol. The van der Waals surface area contributed by atoms with Crippen LogP contribution in [0.2, 0.25) is 0 Å². The fraction of sp³-hybridized carbons (Fsp3) is 0.300. The van der Waals surface area contributed by atoms with Gasteiger partial charge in [0.2, 0.25) is 10.0 Å². The van der Waals surface area contributed by atoms with Gasteiger partial charge in [-0.05, 0) is 56.5 Å². The van der Waals surface area contributed by atoms with Crippen LogP contribution in [0, 0.1) is 26.6 Å². The number of nitrogens with zero attached hydrogens (tertiary/aromatic N) is 1. The van der Waals surface area contributed by atoms with Crippen LogP contribution in [0.4, 0.5) is 10.1 Å². The van der Waals surface area contributed by atoms with Crippen molar-refractivity contribution < 1.29 is 12.8 Å². The van der Waals surface area contributed by atoms with Crippen LogP contribution < -0.4 is 10.5 Å². The molecule has 3 aromatic rings. The van der Waals surface area contributed by atoms with E-state index >= 15 is 0 Å². The van der Waals surface area contributed by atoms with Gasteiger partial charge in [0.1, 0.15) is 10.7 Å². The SMILES string of the molecule is Cc1cc(C)c(S(=O)(=O)NC(C)Cn2cc(C)c3cccc(F)c32)c(N)c1. The lowest BCUT2D eigenvalue weighted by molar-refractivity contribution is 0.523. The molecule has 3 N–H and O–H groups in total. The van der Waals surface area contributed by atoms with Gasteiger partial charge in [0.05, 0.1) is 11.2 Å². The molecule has 0 saturated heterocycles. The number of hydrogen-bond donors (Lipinski definition) is 2. The molecule has 144 valence electrons. The number of hydrogen-bond acceptors (Lipinski definition) is 3. The van der Waals surface area contributed by atoms with E-state index in [2.05, 4.69) is 4.72 Å². The van der Waals surface area contributed by atoms with Crippen LogP contribution in [-0.2, 0) is 16.6 Å². The van der Waals surface area contributed by atoms with E-state index in [0.717, 1.165) is 16.5 Å². The lowest BCUT2D eigenvalue weighted by Gasteiger charge is -2.18. The van der Waals surface area contributed by atoms with Crippen LogP contribution in [0.3, 0.4) is 0 Å². The van der Waals surface area contributed by atoms with Crippen LogP contribution in [0.5, 0.6) is 0 Å². The minimum absolute atomic E-state index is 0.0969. The van der Waals surface area contributed by atoms with E-state index in [9.17, 15) is 12.8 Å². The predicted octanol–water partition coefficient (Wildman–Crippen LogP) is 3.65. The van der Waals surface area contributed by atoms with Crippen molar-refractivity contribution in [1.29, 1.82) is 0 Å². The minimum Gasteiger partial charge on any atom is -0.398 e. The first-order valence-corrected chi connectivity index (χ1v) is 10.2. The Bertz CT molecular complexity index is 1100. The Morgan fingerprint density at radius 2 is 1.89 bits per heavy atom. The van der Waals surface area contributed by atoms with Gasteiger partial charge in [-0.15, -0.1) is 0 Å². The number of aryl methyl sites for hydroxylation is 3. The second-order valence-electron chi connectivity index (χ2n) is 7.12. The van der Waals surface area contributed by atoms with E-state index in [4.69, 9.17) is 5.73 Å². The Morgan fingerprint density at radius 3 is 2.56 bits per heavy atom. The molecule has 3 rings (SSSR count). The normalized spacial score (nSPS) is 13.2. The van der Waals surface area contributed by atoms with E-state index in [0.29, 0.717) is 17.6 Å². The van der Waals surface area contributed by atoms with Crippen molar-refractivity contribution >= 4 is 26.6 Å². The lowest BCUT2D eigenvalue weighted by atomic mass is 10.1. The van der Waals surface area contributed by atoms with Crippen molar-refractivity contribution in [3.05, 3.63) is 59.0 Å². The molecule has 0 spiro atoms. The van der Waals surface area contributed by atoms with E-state index < -0.39 is 16.1 Å². The topological polar surface area (TPSA) is 77.1 Å². The van der Waals surface area contributed by atoms with Gasteiger partial charge in [-0.25, -0.2) is 17.5 Å².